The maximum absolute atomic E-state index is 15.1. The summed E-state index contributed by atoms with van der Waals surface area (Å²) in [7, 11) is 0. The number of fused-ring (bicyclic) bond motifs is 1. The Morgan fingerprint density at radius 1 is 0.913 bits per heavy atom. The zero-order valence-electron chi connectivity index (χ0n) is 24.2. The van der Waals surface area contributed by atoms with Crippen LogP contribution >= 0.6 is 11.6 Å². The van der Waals surface area contributed by atoms with E-state index in [0.717, 1.165) is 17.7 Å². The third-order valence-corrected chi connectivity index (χ3v) is 7.77. The maximum atomic E-state index is 15.1. The molecule has 0 fully saturated rings. The molecule has 5 aromatic rings. The first-order valence-electron chi connectivity index (χ1n) is 14.0. The van der Waals surface area contributed by atoms with E-state index in [0.29, 0.717) is 38.2 Å². The van der Waals surface area contributed by atoms with Crippen molar-refractivity contribution in [1.29, 1.82) is 5.26 Å². The summed E-state index contributed by atoms with van der Waals surface area (Å²) in [6, 6.07) is 22.0. The van der Waals surface area contributed by atoms with Gasteiger partial charge in [-0.2, -0.15) is 5.26 Å². The Morgan fingerprint density at radius 2 is 1.61 bits per heavy atom. The molecule has 2 atom stereocenters. The highest BCUT2D eigenvalue weighted by Gasteiger charge is 2.27. The molecule has 0 aliphatic rings. The minimum absolute atomic E-state index is 0.244. The second kappa shape index (κ2) is 13.5. The highest BCUT2D eigenvalue weighted by molar-refractivity contribution is 6.33. The van der Waals surface area contributed by atoms with E-state index in [-0.39, 0.29) is 12.0 Å². The summed E-state index contributed by atoms with van der Waals surface area (Å²) >= 11 is 6.44. The van der Waals surface area contributed by atoms with Crippen molar-refractivity contribution in [3.8, 4) is 17.2 Å². The third-order valence-electron chi connectivity index (χ3n) is 7.45. The molecule has 3 N–H and O–H groups in total. The molecular formula is C35H25ClF2N4O4. The fourth-order valence-corrected chi connectivity index (χ4v) is 5.39. The number of halogens is 3. The van der Waals surface area contributed by atoms with Gasteiger partial charge in [0.25, 0.3) is 11.8 Å². The Labute approximate surface area is 267 Å². The molecule has 0 aliphatic carbocycles. The van der Waals surface area contributed by atoms with Crippen LogP contribution in [0.25, 0.3) is 22.0 Å². The number of benzene rings is 4. The summed E-state index contributed by atoms with van der Waals surface area (Å²) in [6.45, 7) is 1.71. The lowest BCUT2D eigenvalue weighted by Gasteiger charge is -2.18. The molecule has 0 spiro atoms. The summed E-state index contributed by atoms with van der Waals surface area (Å²) in [4.78, 5) is 42.4. The number of rotatable bonds is 9. The Balaban J connectivity index is 1.38. The van der Waals surface area contributed by atoms with Gasteiger partial charge >= 0.3 is 5.97 Å². The van der Waals surface area contributed by atoms with Crippen LogP contribution in [0, 0.1) is 23.0 Å². The number of amides is 2. The number of carboxylic acid groups (broad SMARTS) is 1. The van der Waals surface area contributed by atoms with Crippen LogP contribution in [0.1, 0.15) is 50.4 Å². The van der Waals surface area contributed by atoms with Crippen LogP contribution < -0.4 is 10.6 Å². The predicted molar refractivity (Wildman–Crippen MR) is 168 cm³/mol. The fraction of sp³-hybridized carbons (Fsp3) is 0.114. The second-order valence-electron chi connectivity index (χ2n) is 10.5. The number of nitrogens with one attached hydrogen (secondary N) is 2. The van der Waals surface area contributed by atoms with E-state index in [2.05, 4.69) is 15.6 Å². The SMILES string of the molecule is C[C@@H](NC(=O)c1cc(F)c(C(=O)N[C@@H](Cc2ccc(-c3ccc(C#N)cc3Cl)c3ncccc23)C(=O)O)c(F)c1)c1ccccc1. The largest absolute Gasteiger partial charge is 0.480 e. The fourth-order valence-electron chi connectivity index (χ4n) is 5.11. The predicted octanol–water partition coefficient (Wildman–Crippen LogP) is 6.62. The zero-order valence-corrected chi connectivity index (χ0v) is 25.0. The van der Waals surface area contributed by atoms with E-state index in [4.69, 9.17) is 16.9 Å². The van der Waals surface area contributed by atoms with Crippen molar-refractivity contribution in [2.75, 3.05) is 0 Å². The van der Waals surface area contributed by atoms with Crippen molar-refractivity contribution < 1.29 is 28.3 Å². The number of carbonyl (C=O) groups is 3. The van der Waals surface area contributed by atoms with E-state index in [9.17, 15) is 19.5 Å². The van der Waals surface area contributed by atoms with Crippen molar-refractivity contribution in [3.05, 3.63) is 136 Å². The first kappa shape index (κ1) is 31.8. The quantitative estimate of drug-likeness (QED) is 0.166. The molecule has 1 aromatic heterocycles. The lowest BCUT2D eigenvalue weighted by molar-refractivity contribution is -0.139. The Bertz CT molecular complexity index is 2010. The van der Waals surface area contributed by atoms with Gasteiger partial charge in [-0.05, 0) is 48.4 Å². The van der Waals surface area contributed by atoms with Gasteiger partial charge < -0.3 is 15.7 Å². The molecule has 0 saturated heterocycles. The Hall–Kier alpha value is -5.66. The van der Waals surface area contributed by atoms with Gasteiger partial charge in [0.2, 0.25) is 0 Å². The number of nitrogens with zero attached hydrogens (tertiary/aromatic N) is 2. The molecule has 1 heterocycles. The van der Waals surface area contributed by atoms with Crippen LogP contribution in [0.2, 0.25) is 5.02 Å². The zero-order chi connectivity index (χ0) is 33.0. The number of pyridine rings is 1. The lowest BCUT2D eigenvalue weighted by Crippen LogP contribution is -2.43. The van der Waals surface area contributed by atoms with Crippen molar-refractivity contribution in [3.63, 3.8) is 0 Å². The minimum Gasteiger partial charge on any atom is -0.480 e. The molecule has 0 saturated carbocycles. The maximum Gasteiger partial charge on any atom is 0.326 e. The summed E-state index contributed by atoms with van der Waals surface area (Å²) < 4.78 is 30.2. The van der Waals surface area contributed by atoms with Crippen LogP contribution in [0.15, 0.2) is 91.1 Å². The van der Waals surface area contributed by atoms with Gasteiger partial charge in [0.1, 0.15) is 23.2 Å². The summed E-state index contributed by atoms with van der Waals surface area (Å²) in [5, 5.41) is 24.9. The first-order valence-corrected chi connectivity index (χ1v) is 14.4. The number of hydrogen-bond acceptors (Lipinski definition) is 5. The molecular weight excluding hydrogens is 614 g/mol. The van der Waals surface area contributed by atoms with E-state index < -0.39 is 47.1 Å². The van der Waals surface area contributed by atoms with Gasteiger partial charge in [-0.3, -0.25) is 14.6 Å². The minimum atomic E-state index is -1.58. The van der Waals surface area contributed by atoms with Crippen LogP contribution in [0.5, 0.6) is 0 Å². The molecule has 0 bridgehead atoms. The molecule has 0 unspecified atom stereocenters. The lowest BCUT2D eigenvalue weighted by atomic mass is 9.94. The van der Waals surface area contributed by atoms with Crippen LogP contribution in [-0.2, 0) is 11.2 Å². The van der Waals surface area contributed by atoms with Gasteiger partial charge in [0, 0.05) is 39.7 Å². The normalized spacial score (nSPS) is 12.2. The summed E-state index contributed by atoms with van der Waals surface area (Å²) in [5.41, 5.74) is 2.03. The molecule has 0 radical (unpaired) electrons. The number of nitriles is 1. The monoisotopic (exact) mass is 638 g/mol. The standard InChI is InChI=1S/C35H25ClF2N4O4/c1-19(21-6-3-2-4-7-21)41-33(43)23-15-28(37)31(29(38)16-23)34(44)42-30(35(45)46)17-22-10-12-26(32-24(22)8-5-13-40-32)25-11-9-20(18-39)14-27(25)36/h2-16,19,30H,17H2,1H3,(H,41,43)(H,42,44)(H,45,46)/t19-,30+/m1/s1. The number of aromatic nitrogens is 1. The molecule has 4 aromatic carbocycles. The van der Waals surface area contributed by atoms with E-state index >= 15 is 8.78 Å². The Kier molecular flexibility index (Phi) is 9.35. The molecule has 46 heavy (non-hydrogen) atoms. The average Bonchev–Trinajstić information content (AvgIpc) is 3.04. The van der Waals surface area contributed by atoms with E-state index in [1.807, 2.05) is 12.1 Å². The number of carboxylic acids is 1. The van der Waals surface area contributed by atoms with Gasteiger partial charge in [-0.25, -0.2) is 13.6 Å². The number of carbonyl (C=O) groups excluding carboxylic acids is 2. The van der Waals surface area contributed by atoms with Gasteiger partial charge in [-0.1, -0.05) is 66.2 Å². The van der Waals surface area contributed by atoms with Crippen molar-refractivity contribution in [1.82, 2.24) is 15.6 Å². The first-order chi connectivity index (χ1) is 22.1. The van der Waals surface area contributed by atoms with Crippen LogP contribution in [0.3, 0.4) is 0 Å². The number of hydrogen-bond donors (Lipinski definition) is 3. The van der Waals surface area contributed by atoms with Crippen LogP contribution in [0.4, 0.5) is 8.78 Å². The third kappa shape index (κ3) is 6.70. The van der Waals surface area contributed by atoms with Gasteiger partial charge in [0.05, 0.1) is 23.2 Å². The highest BCUT2D eigenvalue weighted by Crippen LogP contribution is 2.35. The van der Waals surface area contributed by atoms with E-state index in [1.54, 1.807) is 73.8 Å². The second-order valence-corrected chi connectivity index (χ2v) is 10.9. The number of aliphatic carboxylic acids is 1. The molecule has 230 valence electrons. The molecule has 5 rings (SSSR count). The molecule has 8 nitrogen and oxygen atoms in total. The summed E-state index contributed by atoms with van der Waals surface area (Å²) in [5.74, 6) is -6.13. The Morgan fingerprint density at radius 3 is 2.26 bits per heavy atom. The van der Waals surface area contributed by atoms with E-state index in [1.165, 1.54) is 6.07 Å². The van der Waals surface area contributed by atoms with Crippen molar-refractivity contribution >= 4 is 40.3 Å². The van der Waals surface area contributed by atoms with Crippen molar-refractivity contribution in [2.45, 2.75) is 25.4 Å². The van der Waals surface area contributed by atoms with Crippen molar-refractivity contribution in [2.24, 2.45) is 0 Å². The topological polar surface area (TPSA) is 132 Å². The molecule has 11 heteroatoms. The van der Waals surface area contributed by atoms with Gasteiger partial charge in [-0.15, -0.1) is 0 Å². The van der Waals surface area contributed by atoms with Crippen LogP contribution in [-0.4, -0.2) is 33.9 Å². The average molecular weight is 639 g/mol. The molecule has 0 aliphatic heterocycles. The highest BCUT2D eigenvalue weighted by atomic mass is 35.5. The molecule has 2 amide bonds. The summed E-state index contributed by atoms with van der Waals surface area (Å²) in [6.07, 6.45) is 1.31. The smallest absolute Gasteiger partial charge is 0.326 e. The van der Waals surface area contributed by atoms with Gasteiger partial charge in [0.15, 0.2) is 0 Å².